The van der Waals surface area contributed by atoms with E-state index in [1.165, 1.54) is 44.9 Å². The number of fused-ring (bicyclic) bond motifs is 5. The first-order valence-electron chi connectivity index (χ1n) is 13.6. The average molecular weight is 427 g/mol. The van der Waals surface area contributed by atoms with Crippen molar-refractivity contribution in [1.29, 1.82) is 0 Å². The normalized spacial score (nSPS) is 46.9. The number of rotatable bonds is 5. The van der Waals surface area contributed by atoms with Gasteiger partial charge >= 0.3 is 0 Å². The Hall–Kier alpha value is -0.560. The fraction of sp³-hybridized carbons (Fsp3) is 0.867. The number of hydrogen-bond donors (Lipinski definition) is 1. The molecular formula is C30H50O. The van der Waals surface area contributed by atoms with Crippen LogP contribution in [-0.4, -0.2) is 11.2 Å². The van der Waals surface area contributed by atoms with Crippen LogP contribution in [0.25, 0.3) is 0 Å². The quantitative estimate of drug-likeness (QED) is 0.439. The second-order valence-corrected chi connectivity index (χ2v) is 13.1. The fourth-order valence-corrected chi connectivity index (χ4v) is 9.05. The second kappa shape index (κ2) is 8.34. The molecule has 1 heteroatoms. The van der Waals surface area contributed by atoms with E-state index in [-0.39, 0.29) is 6.10 Å². The van der Waals surface area contributed by atoms with E-state index in [1.54, 1.807) is 0 Å². The molecule has 4 aliphatic rings. The molecule has 0 amide bonds. The molecule has 0 aromatic carbocycles. The van der Waals surface area contributed by atoms with Gasteiger partial charge in [-0.05, 0) is 110 Å². The minimum absolute atomic E-state index is 0.0567. The molecule has 0 spiro atoms. The molecule has 1 N–H and O–H groups in total. The van der Waals surface area contributed by atoms with Crippen molar-refractivity contribution in [3.8, 4) is 0 Å². The van der Waals surface area contributed by atoms with Crippen LogP contribution in [0.1, 0.15) is 106 Å². The minimum atomic E-state index is -0.0567. The lowest BCUT2D eigenvalue weighted by molar-refractivity contribution is -0.0608. The van der Waals surface area contributed by atoms with Gasteiger partial charge in [0.1, 0.15) is 0 Å². The highest BCUT2D eigenvalue weighted by Crippen LogP contribution is 2.72. The summed E-state index contributed by atoms with van der Waals surface area (Å²) >= 11 is 0. The van der Waals surface area contributed by atoms with Crippen LogP contribution in [0.15, 0.2) is 23.8 Å². The largest absolute Gasteiger partial charge is 0.393 e. The molecule has 0 aromatic heterocycles. The highest BCUT2D eigenvalue weighted by molar-refractivity contribution is 5.32. The van der Waals surface area contributed by atoms with Crippen molar-refractivity contribution in [2.45, 2.75) is 112 Å². The first-order valence-corrected chi connectivity index (χ1v) is 13.6. The van der Waals surface area contributed by atoms with Crippen LogP contribution in [0.2, 0.25) is 0 Å². The average Bonchev–Trinajstić information content (AvgIpc) is 3.00. The summed E-state index contributed by atoms with van der Waals surface area (Å²) < 4.78 is 0. The van der Waals surface area contributed by atoms with Gasteiger partial charge < -0.3 is 5.11 Å². The summed E-state index contributed by atoms with van der Waals surface area (Å²) in [6.45, 7) is 17.5. The van der Waals surface area contributed by atoms with E-state index >= 15 is 0 Å². The first kappa shape index (κ1) is 23.6. The van der Waals surface area contributed by atoms with Crippen molar-refractivity contribution in [1.82, 2.24) is 0 Å². The van der Waals surface area contributed by atoms with Gasteiger partial charge in [-0.1, -0.05) is 72.3 Å². The molecule has 0 heterocycles. The van der Waals surface area contributed by atoms with Crippen LogP contribution in [0.5, 0.6) is 0 Å². The van der Waals surface area contributed by atoms with E-state index < -0.39 is 0 Å². The minimum Gasteiger partial charge on any atom is -0.393 e. The molecule has 0 bridgehead atoms. The molecule has 31 heavy (non-hydrogen) atoms. The van der Waals surface area contributed by atoms with Crippen molar-refractivity contribution in [3.63, 3.8) is 0 Å². The van der Waals surface area contributed by atoms with E-state index in [2.05, 4.69) is 66.7 Å². The Balaban J connectivity index is 1.59. The Kier molecular flexibility index (Phi) is 6.35. The number of allylic oxidation sites excluding steroid dienone is 4. The van der Waals surface area contributed by atoms with Gasteiger partial charge in [0.05, 0.1) is 6.10 Å². The third-order valence-electron chi connectivity index (χ3n) is 11.5. The second-order valence-electron chi connectivity index (χ2n) is 13.1. The third kappa shape index (κ3) is 3.60. The van der Waals surface area contributed by atoms with Crippen LogP contribution in [0.4, 0.5) is 0 Å². The lowest BCUT2D eigenvalue weighted by Gasteiger charge is -2.61. The Morgan fingerprint density at radius 3 is 2.45 bits per heavy atom. The highest BCUT2D eigenvalue weighted by atomic mass is 16.3. The Labute approximate surface area is 193 Å². The molecule has 4 aliphatic carbocycles. The predicted octanol–water partition coefficient (Wildman–Crippen LogP) is 8.19. The van der Waals surface area contributed by atoms with Crippen LogP contribution < -0.4 is 0 Å². The first-order chi connectivity index (χ1) is 14.6. The van der Waals surface area contributed by atoms with Gasteiger partial charge in [-0.2, -0.15) is 0 Å². The summed E-state index contributed by atoms with van der Waals surface area (Å²) in [6.07, 6.45) is 19.0. The summed E-state index contributed by atoms with van der Waals surface area (Å²) in [7, 11) is 0. The van der Waals surface area contributed by atoms with Crippen molar-refractivity contribution in [3.05, 3.63) is 23.8 Å². The molecular weight excluding hydrogens is 376 g/mol. The van der Waals surface area contributed by atoms with E-state index in [1.807, 2.05) is 5.57 Å². The topological polar surface area (TPSA) is 20.2 Å². The number of hydrogen-bond acceptors (Lipinski definition) is 1. The molecule has 3 fully saturated rings. The third-order valence-corrected chi connectivity index (χ3v) is 11.5. The van der Waals surface area contributed by atoms with Gasteiger partial charge in [0, 0.05) is 0 Å². The molecule has 176 valence electrons. The highest BCUT2D eigenvalue weighted by Gasteiger charge is 2.63. The summed E-state index contributed by atoms with van der Waals surface area (Å²) in [5.41, 5.74) is 3.05. The van der Waals surface area contributed by atoms with E-state index in [0.717, 1.165) is 36.5 Å². The van der Waals surface area contributed by atoms with Crippen LogP contribution >= 0.6 is 0 Å². The maximum atomic E-state index is 10.3. The van der Waals surface area contributed by atoms with Crippen molar-refractivity contribution >= 4 is 0 Å². The van der Waals surface area contributed by atoms with Gasteiger partial charge in [0.25, 0.3) is 0 Å². The fourth-order valence-electron chi connectivity index (χ4n) is 9.05. The molecule has 9 unspecified atom stereocenters. The Morgan fingerprint density at radius 2 is 1.77 bits per heavy atom. The Bertz CT molecular complexity index is 718. The zero-order valence-corrected chi connectivity index (χ0v) is 21.6. The van der Waals surface area contributed by atoms with Gasteiger partial charge in [-0.15, -0.1) is 0 Å². The smallest absolute Gasteiger partial charge is 0.0543 e. The molecule has 0 aliphatic heterocycles. The summed E-state index contributed by atoms with van der Waals surface area (Å²) in [5, 5.41) is 10.3. The zero-order chi connectivity index (χ0) is 22.6. The van der Waals surface area contributed by atoms with Crippen LogP contribution in [0.3, 0.4) is 0 Å². The van der Waals surface area contributed by atoms with Gasteiger partial charge in [0.15, 0.2) is 0 Å². The molecule has 1 nitrogen and oxygen atoms in total. The van der Waals surface area contributed by atoms with Crippen molar-refractivity contribution in [2.24, 2.45) is 51.8 Å². The van der Waals surface area contributed by atoms with Crippen molar-refractivity contribution < 1.29 is 5.11 Å². The van der Waals surface area contributed by atoms with Gasteiger partial charge in [-0.25, -0.2) is 0 Å². The lowest BCUT2D eigenvalue weighted by Crippen LogP contribution is -2.53. The maximum Gasteiger partial charge on any atom is 0.0543 e. The SMILES string of the molecule is CCC(C=CC(C)C1CCC2(C)C3=CCC4CC(O)CCC4(C)C3CCC12C)C(C)C. The maximum absolute atomic E-state index is 10.3. The molecule has 9 atom stereocenters. The predicted molar refractivity (Wildman–Crippen MR) is 133 cm³/mol. The monoisotopic (exact) mass is 426 g/mol. The molecule has 4 rings (SSSR count). The van der Waals surface area contributed by atoms with Crippen LogP contribution in [-0.2, 0) is 0 Å². The summed E-state index contributed by atoms with van der Waals surface area (Å²) in [6, 6.07) is 0. The molecule has 0 aromatic rings. The van der Waals surface area contributed by atoms with E-state index in [0.29, 0.717) is 28.1 Å². The molecule has 3 saturated carbocycles. The number of aliphatic hydroxyl groups excluding tert-OH is 1. The Morgan fingerprint density at radius 1 is 1.03 bits per heavy atom. The van der Waals surface area contributed by atoms with E-state index in [4.69, 9.17) is 0 Å². The standard InChI is InChI=1S/C30H50O/c1-8-22(20(2)3)10-9-21(4)25-14-17-30(7)27-12-11-23-19-24(31)13-16-28(23,5)26(27)15-18-29(25,30)6/h9-10,12,20-26,31H,8,11,13-19H2,1-7H3. The van der Waals surface area contributed by atoms with Gasteiger partial charge in [0.2, 0.25) is 0 Å². The van der Waals surface area contributed by atoms with E-state index in [9.17, 15) is 5.11 Å². The summed E-state index contributed by atoms with van der Waals surface area (Å²) in [5.74, 6) is 4.39. The molecule has 0 saturated heterocycles. The lowest BCUT2D eigenvalue weighted by atomic mass is 9.43. The van der Waals surface area contributed by atoms with Crippen molar-refractivity contribution in [2.75, 3.05) is 0 Å². The zero-order valence-electron chi connectivity index (χ0n) is 21.6. The summed E-state index contributed by atoms with van der Waals surface area (Å²) in [4.78, 5) is 0. The molecule has 0 radical (unpaired) electrons. The van der Waals surface area contributed by atoms with Gasteiger partial charge in [-0.3, -0.25) is 0 Å². The van der Waals surface area contributed by atoms with Crippen LogP contribution in [0, 0.1) is 51.8 Å². The number of aliphatic hydroxyl groups is 1.